The predicted molar refractivity (Wildman–Crippen MR) is 62.5 cm³/mol. The highest BCUT2D eigenvalue weighted by molar-refractivity contribution is 6.00. The van der Waals surface area contributed by atoms with Crippen LogP contribution < -0.4 is 0 Å². The van der Waals surface area contributed by atoms with Gasteiger partial charge < -0.3 is 0 Å². The standard InChI is InChI=1S/C14H20O/c1-10(2)13-7-6-11-9-12(15)5-4-8-14(11,13)3/h4-5,9-10,13H,6-8H2,1-3H3/t13-,14+/m1/s1. The summed E-state index contributed by atoms with van der Waals surface area (Å²) in [4.78, 5) is 11.5. The molecule has 0 aliphatic heterocycles. The molecule has 0 amide bonds. The second-order valence-corrected chi connectivity index (χ2v) is 5.49. The molecule has 15 heavy (non-hydrogen) atoms. The molecule has 0 saturated heterocycles. The predicted octanol–water partition coefficient (Wildman–Crippen LogP) is 3.51. The number of rotatable bonds is 1. The average Bonchev–Trinajstić information content (AvgIpc) is 2.37. The first-order chi connectivity index (χ1) is 7.04. The van der Waals surface area contributed by atoms with Crippen LogP contribution in [-0.4, -0.2) is 5.78 Å². The number of carbonyl (C=O) groups excluding carboxylic acids is 1. The second-order valence-electron chi connectivity index (χ2n) is 5.49. The zero-order chi connectivity index (χ0) is 11.1. The Morgan fingerprint density at radius 3 is 2.87 bits per heavy atom. The van der Waals surface area contributed by atoms with Crippen molar-refractivity contribution in [2.45, 2.75) is 40.0 Å². The van der Waals surface area contributed by atoms with Crippen molar-refractivity contribution in [2.24, 2.45) is 17.3 Å². The molecular weight excluding hydrogens is 184 g/mol. The first-order valence-corrected chi connectivity index (χ1v) is 5.95. The molecule has 1 saturated carbocycles. The number of carbonyl (C=O) groups is 1. The van der Waals surface area contributed by atoms with Crippen LogP contribution in [0.3, 0.4) is 0 Å². The van der Waals surface area contributed by atoms with E-state index in [4.69, 9.17) is 0 Å². The molecule has 0 aromatic rings. The van der Waals surface area contributed by atoms with E-state index < -0.39 is 0 Å². The molecule has 0 heterocycles. The van der Waals surface area contributed by atoms with Gasteiger partial charge in [0.05, 0.1) is 0 Å². The molecule has 0 aromatic carbocycles. The molecule has 0 spiro atoms. The Labute approximate surface area is 92.3 Å². The summed E-state index contributed by atoms with van der Waals surface area (Å²) in [6.07, 6.45) is 9.08. The molecule has 2 aliphatic rings. The highest BCUT2D eigenvalue weighted by Gasteiger charge is 2.43. The van der Waals surface area contributed by atoms with Gasteiger partial charge in [-0.25, -0.2) is 0 Å². The summed E-state index contributed by atoms with van der Waals surface area (Å²) in [6.45, 7) is 6.93. The fourth-order valence-electron chi connectivity index (χ4n) is 3.38. The van der Waals surface area contributed by atoms with E-state index in [0.29, 0.717) is 5.92 Å². The van der Waals surface area contributed by atoms with E-state index in [2.05, 4.69) is 26.8 Å². The Morgan fingerprint density at radius 1 is 1.47 bits per heavy atom. The number of fused-ring (bicyclic) bond motifs is 1. The number of hydrogen-bond donors (Lipinski definition) is 0. The maximum absolute atomic E-state index is 11.5. The maximum atomic E-state index is 11.5. The summed E-state index contributed by atoms with van der Waals surface area (Å²) < 4.78 is 0. The van der Waals surface area contributed by atoms with Crippen molar-refractivity contribution in [3.63, 3.8) is 0 Å². The van der Waals surface area contributed by atoms with Gasteiger partial charge in [0.2, 0.25) is 0 Å². The molecule has 0 radical (unpaired) electrons. The van der Waals surface area contributed by atoms with Gasteiger partial charge in [0.1, 0.15) is 0 Å². The van der Waals surface area contributed by atoms with Gasteiger partial charge in [-0.2, -0.15) is 0 Å². The van der Waals surface area contributed by atoms with Crippen LogP contribution in [0.25, 0.3) is 0 Å². The minimum Gasteiger partial charge on any atom is -0.290 e. The van der Waals surface area contributed by atoms with Crippen molar-refractivity contribution >= 4 is 5.78 Å². The average molecular weight is 204 g/mol. The van der Waals surface area contributed by atoms with Crippen LogP contribution in [0.4, 0.5) is 0 Å². The van der Waals surface area contributed by atoms with Crippen LogP contribution in [-0.2, 0) is 4.79 Å². The van der Waals surface area contributed by atoms with Crippen molar-refractivity contribution < 1.29 is 4.79 Å². The highest BCUT2D eigenvalue weighted by Crippen LogP contribution is 2.53. The Bertz CT molecular complexity index is 335. The summed E-state index contributed by atoms with van der Waals surface area (Å²) >= 11 is 0. The molecule has 1 nitrogen and oxygen atoms in total. The Hall–Kier alpha value is -0.850. The minimum atomic E-state index is 0.179. The second kappa shape index (κ2) is 3.62. The minimum absolute atomic E-state index is 0.179. The van der Waals surface area contributed by atoms with Crippen molar-refractivity contribution in [3.8, 4) is 0 Å². The molecule has 0 aromatic heterocycles. The van der Waals surface area contributed by atoms with Gasteiger partial charge in [-0.1, -0.05) is 32.4 Å². The first kappa shape index (κ1) is 10.7. The summed E-state index contributed by atoms with van der Waals surface area (Å²) in [7, 11) is 0. The monoisotopic (exact) mass is 204 g/mol. The zero-order valence-electron chi connectivity index (χ0n) is 9.92. The molecule has 2 rings (SSSR count). The van der Waals surface area contributed by atoms with Crippen molar-refractivity contribution in [3.05, 3.63) is 23.8 Å². The Kier molecular flexibility index (Phi) is 2.57. The third-order valence-electron chi connectivity index (χ3n) is 4.22. The lowest BCUT2D eigenvalue weighted by Gasteiger charge is -2.34. The van der Waals surface area contributed by atoms with Gasteiger partial charge in [0, 0.05) is 0 Å². The highest BCUT2D eigenvalue weighted by atomic mass is 16.1. The number of ketones is 1. The molecule has 0 bridgehead atoms. The van der Waals surface area contributed by atoms with Gasteiger partial charge in [-0.15, -0.1) is 0 Å². The lowest BCUT2D eigenvalue weighted by atomic mass is 9.70. The summed E-state index contributed by atoms with van der Waals surface area (Å²) in [5.74, 6) is 1.62. The SMILES string of the molecule is CC(C)[C@H]1CCC2=CC(=O)C=CC[C@@]21C. The Balaban J connectivity index is 2.38. The van der Waals surface area contributed by atoms with Gasteiger partial charge in [0.25, 0.3) is 0 Å². The maximum Gasteiger partial charge on any atom is 0.178 e. The van der Waals surface area contributed by atoms with Gasteiger partial charge in [-0.3, -0.25) is 4.79 Å². The van der Waals surface area contributed by atoms with Gasteiger partial charge in [-0.05, 0) is 48.7 Å². The van der Waals surface area contributed by atoms with Crippen LogP contribution in [0.15, 0.2) is 23.8 Å². The summed E-state index contributed by atoms with van der Waals surface area (Å²) in [5.41, 5.74) is 1.63. The van der Waals surface area contributed by atoms with Crippen LogP contribution in [0, 0.1) is 17.3 Å². The topological polar surface area (TPSA) is 17.1 Å². The van der Waals surface area contributed by atoms with E-state index in [9.17, 15) is 4.79 Å². The number of hydrogen-bond acceptors (Lipinski definition) is 1. The fourth-order valence-corrected chi connectivity index (χ4v) is 3.38. The fraction of sp³-hybridized carbons (Fsp3) is 0.643. The Morgan fingerprint density at radius 2 is 2.20 bits per heavy atom. The van der Waals surface area contributed by atoms with Crippen molar-refractivity contribution in [2.75, 3.05) is 0 Å². The van der Waals surface area contributed by atoms with E-state index >= 15 is 0 Å². The van der Waals surface area contributed by atoms with Gasteiger partial charge in [0.15, 0.2) is 5.78 Å². The lowest BCUT2D eigenvalue weighted by Crippen LogP contribution is -2.26. The van der Waals surface area contributed by atoms with Crippen LogP contribution >= 0.6 is 0 Å². The summed E-state index contributed by atoms with van der Waals surface area (Å²) in [6, 6.07) is 0. The summed E-state index contributed by atoms with van der Waals surface area (Å²) in [5, 5.41) is 0. The molecule has 1 heteroatoms. The molecule has 0 N–H and O–H groups in total. The largest absolute Gasteiger partial charge is 0.290 e. The zero-order valence-corrected chi connectivity index (χ0v) is 9.92. The smallest absolute Gasteiger partial charge is 0.178 e. The van der Waals surface area contributed by atoms with E-state index in [1.807, 2.05) is 6.08 Å². The van der Waals surface area contributed by atoms with Crippen LogP contribution in [0.1, 0.15) is 40.0 Å². The molecule has 2 aliphatic carbocycles. The van der Waals surface area contributed by atoms with E-state index in [1.165, 1.54) is 12.0 Å². The van der Waals surface area contributed by atoms with E-state index in [0.717, 1.165) is 18.8 Å². The lowest BCUT2D eigenvalue weighted by molar-refractivity contribution is -0.110. The first-order valence-electron chi connectivity index (χ1n) is 5.95. The quantitative estimate of drug-likeness (QED) is 0.638. The molecule has 1 fully saturated rings. The van der Waals surface area contributed by atoms with E-state index in [1.54, 1.807) is 6.08 Å². The normalized spacial score (nSPS) is 35.3. The number of allylic oxidation sites excluding steroid dienone is 4. The van der Waals surface area contributed by atoms with Gasteiger partial charge >= 0.3 is 0 Å². The molecule has 2 atom stereocenters. The van der Waals surface area contributed by atoms with Crippen molar-refractivity contribution in [1.29, 1.82) is 0 Å². The molecular formula is C14H20O. The van der Waals surface area contributed by atoms with E-state index in [-0.39, 0.29) is 11.2 Å². The van der Waals surface area contributed by atoms with Crippen LogP contribution in [0.2, 0.25) is 0 Å². The third kappa shape index (κ3) is 1.68. The third-order valence-corrected chi connectivity index (χ3v) is 4.22. The molecule has 0 unspecified atom stereocenters. The molecule has 82 valence electrons. The van der Waals surface area contributed by atoms with Crippen molar-refractivity contribution in [1.82, 2.24) is 0 Å². The van der Waals surface area contributed by atoms with Crippen LogP contribution in [0.5, 0.6) is 0 Å².